The van der Waals surface area contributed by atoms with Gasteiger partial charge in [-0.15, -0.1) is 11.3 Å². The molecule has 0 saturated heterocycles. The first kappa shape index (κ1) is 14.1. The van der Waals surface area contributed by atoms with Crippen molar-refractivity contribution < 1.29 is 4.79 Å². The number of nitrogens with two attached hydrogens (primary N) is 1. The van der Waals surface area contributed by atoms with E-state index in [4.69, 9.17) is 5.73 Å². The largest absolute Gasteiger partial charge is 0.399 e. The van der Waals surface area contributed by atoms with Gasteiger partial charge in [-0.1, -0.05) is 25.0 Å². The minimum atomic E-state index is 0.0753. The Kier molecular flexibility index (Phi) is 4.20. The van der Waals surface area contributed by atoms with E-state index in [1.54, 1.807) is 11.3 Å². The first-order valence-electron chi connectivity index (χ1n) is 7.30. The van der Waals surface area contributed by atoms with Crippen LogP contribution in [0.3, 0.4) is 0 Å². The predicted molar refractivity (Wildman–Crippen MR) is 86.1 cm³/mol. The summed E-state index contributed by atoms with van der Waals surface area (Å²) in [6.45, 7) is 0. The van der Waals surface area contributed by atoms with Crippen molar-refractivity contribution in [1.29, 1.82) is 0 Å². The zero-order chi connectivity index (χ0) is 14.7. The fraction of sp³-hybridized carbons (Fsp3) is 0.375. The number of anilines is 1. The molecule has 1 fully saturated rings. The van der Waals surface area contributed by atoms with E-state index in [-0.39, 0.29) is 5.91 Å². The Hall–Kier alpha value is -1.88. The van der Waals surface area contributed by atoms with Crippen LogP contribution < -0.4 is 11.1 Å². The monoisotopic (exact) mass is 301 g/mol. The predicted octanol–water partition coefficient (Wildman–Crippen LogP) is 2.99. The maximum Gasteiger partial charge on any atom is 0.226 e. The highest BCUT2D eigenvalue weighted by Crippen LogP contribution is 2.25. The van der Waals surface area contributed by atoms with Gasteiger partial charge in [0.05, 0.1) is 12.1 Å². The van der Waals surface area contributed by atoms with Crippen LogP contribution in [0.25, 0.3) is 10.6 Å². The number of rotatable bonds is 4. The molecule has 0 atom stereocenters. The van der Waals surface area contributed by atoms with Gasteiger partial charge in [0.25, 0.3) is 0 Å². The van der Waals surface area contributed by atoms with E-state index in [9.17, 15) is 4.79 Å². The van der Waals surface area contributed by atoms with Crippen LogP contribution in [-0.4, -0.2) is 16.9 Å². The number of benzene rings is 1. The Morgan fingerprint density at radius 3 is 2.95 bits per heavy atom. The number of aromatic nitrogens is 1. The number of hydrogen-bond donors (Lipinski definition) is 2. The van der Waals surface area contributed by atoms with E-state index in [0.29, 0.717) is 12.5 Å². The molecule has 2 aromatic rings. The molecule has 1 saturated carbocycles. The Morgan fingerprint density at radius 1 is 1.38 bits per heavy atom. The molecule has 1 amide bonds. The molecule has 4 nitrogen and oxygen atoms in total. The number of nitrogens with one attached hydrogen (secondary N) is 1. The average Bonchev–Trinajstić information content (AvgIpc) is 3.10. The number of amides is 1. The summed E-state index contributed by atoms with van der Waals surface area (Å²) in [4.78, 5) is 16.5. The second-order valence-corrected chi connectivity index (χ2v) is 6.35. The quantitative estimate of drug-likeness (QED) is 0.853. The number of thiazole rings is 1. The molecule has 0 bridgehead atoms. The maximum atomic E-state index is 12.0. The second-order valence-electron chi connectivity index (χ2n) is 5.50. The molecule has 21 heavy (non-hydrogen) atoms. The van der Waals surface area contributed by atoms with Crippen LogP contribution in [-0.2, 0) is 11.2 Å². The molecule has 0 aliphatic heterocycles. The molecule has 1 aliphatic carbocycles. The molecule has 1 heterocycles. The summed E-state index contributed by atoms with van der Waals surface area (Å²) in [6, 6.07) is 8.02. The lowest BCUT2D eigenvalue weighted by molar-refractivity contribution is -0.121. The molecule has 0 unspecified atom stereocenters. The zero-order valence-electron chi connectivity index (χ0n) is 11.8. The average molecular weight is 301 g/mol. The zero-order valence-corrected chi connectivity index (χ0v) is 12.7. The van der Waals surface area contributed by atoms with Crippen molar-refractivity contribution in [3.8, 4) is 10.6 Å². The first-order valence-corrected chi connectivity index (χ1v) is 8.18. The van der Waals surface area contributed by atoms with Gasteiger partial charge < -0.3 is 11.1 Å². The lowest BCUT2D eigenvalue weighted by Gasteiger charge is -2.10. The minimum Gasteiger partial charge on any atom is -0.399 e. The van der Waals surface area contributed by atoms with Crippen LogP contribution in [0.1, 0.15) is 31.4 Å². The van der Waals surface area contributed by atoms with Crippen molar-refractivity contribution in [1.82, 2.24) is 10.3 Å². The molecule has 0 radical (unpaired) electrons. The fourth-order valence-electron chi connectivity index (χ4n) is 2.71. The lowest BCUT2D eigenvalue weighted by Crippen LogP contribution is -2.33. The van der Waals surface area contributed by atoms with Crippen molar-refractivity contribution in [2.24, 2.45) is 0 Å². The third kappa shape index (κ3) is 3.61. The lowest BCUT2D eigenvalue weighted by atomic mass is 10.2. The smallest absolute Gasteiger partial charge is 0.226 e. The van der Waals surface area contributed by atoms with Crippen molar-refractivity contribution in [3.63, 3.8) is 0 Å². The summed E-state index contributed by atoms with van der Waals surface area (Å²) in [6.07, 6.45) is 5.02. The SMILES string of the molecule is Nc1cccc(-c2nc(CC(=O)NC3CCCC3)cs2)c1. The van der Waals surface area contributed by atoms with Gasteiger partial charge in [-0.2, -0.15) is 0 Å². The number of nitrogen functional groups attached to an aromatic ring is 1. The highest BCUT2D eigenvalue weighted by atomic mass is 32.1. The molecule has 1 aromatic carbocycles. The van der Waals surface area contributed by atoms with E-state index in [1.807, 2.05) is 29.6 Å². The van der Waals surface area contributed by atoms with Gasteiger partial charge in [-0.05, 0) is 25.0 Å². The van der Waals surface area contributed by atoms with Crippen molar-refractivity contribution in [2.45, 2.75) is 38.1 Å². The molecular weight excluding hydrogens is 282 g/mol. The third-order valence-electron chi connectivity index (χ3n) is 3.75. The van der Waals surface area contributed by atoms with E-state index < -0.39 is 0 Å². The molecule has 5 heteroatoms. The van der Waals surface area contributed by atoms with Crippen LogP contribution in [0.4, 0.5) is 5.69 Å². The van der Waals surface area contributed by atoms with E-state index in [0.717, 1.165) is 34.8 Å². The normalized spacial score (nSPS) is 15.2. The van der Waals surface area contributed by atoms with Gasteiger partial charge in [0.2, 0.25) is 5.91 Å². The number of hydrogen-bond acceptors (Lipinski definition) is 4. The standard InChI is InChI=1S/C16H19N3OS/c17-12-5-3-4-11(8-12)16-19-14(10-21-16)9-15(20)18-13-6-1-2-7-13/h3-5,8,10,13H,1-2,6-7,9,17H2,(H,18,20). The van der Waals surface area contributed by atoms with Crippen LogP contribution in [0.15, 0.2) is 29.6 Å². The van der Waals surface area contributed by atoms with Gasteiger partial charge >= 0.3 is 0 Å². The first-order chi connectivity index (χ1) is 10.2. The summed E-state index contributed by atoms with van der Waals surface area (Å²) in [5.41, 5.74) is 8.34. The molecule has 3 N–H and O–H groups in total. The molecule has 3 rings (SSSR count). The summed E-state index contributed by atoms with van der Waals surface area (Å²) < 4.78 is 0. The minimum absolute atomic E-state index is 0.0753. The van der Waals surface area contributed by atoms with Gasteiger partial charge in [0.15, 0.2) is 0 Å². The third-order valence-corrected chi connectivity index (χ3v) is 4.69. The molecule has 1 aliphatic rings. The van der Waals surface area contributed by atoms with E-state index in [2.05, 4.69) is 10.3 Å². The van der Waals surface area contributed by atoms with Gasteiger partial charge in [-0.3, -0.25) is 4.79 Å². The summed E-state index contributed by atoms with van der Waals surface area (Å²) in [5, 5.41) is 5.95. The maximum absolute atomic E-state index is 12.0. The number of nitrogens with zero attached hydrogens (tertiary/aromatic N) is 1. The van der Waals surface area contributed by atoms with Crippen molar-refractivity contribution in [2.75, 3.05) is 5.73 Å². The summed E-state index contributed by atoms with van der Waals surface area (Å²) >= 11 is 1.55. The van der Waals surface area contributed by atoms with Crippen molar-refractivity contribution in [3.05, 3.63) is 35.3 Å². The molecular formula is C16H19N3OS. The van der Waals surface area contributed by atoms with Crippen LogP contribution in [0.5, 0.6) is 0 Å². The topological polar surface area (TPSA) is 68.0 Å². The Morgan fingerprint density at radius 2 is 2.19 bits per heavy atom. The summed E-state index contributed by atoms with van der Waals surface area (Å²) in [7, 11) is 0. The van der Waals surface area contributed by atoms with E-state index in [1.165, 1.54) is 12.8 Å². The summed E-state index contributed by atoms with van der Waals surface area (Å²) in [5.74, 6) is 0.0753. The van der Waals surface area contributed by atoms with E-state index >= 15 is 0 Å². The Bertz CT molecular complexity index is 632. The highest BCUT2D eigenvalue weighted by Gasteiger charge is 2.17. The van der Waals surface area contributed by atoms with Gasteiger partial charge in [-0.25, -0.2) is 4.98 Å². The number of carbonyl (C=O) groups excluding carboxylic acids is 1. The Balaban J connectivity index is 1.63. The van der Waals surface area contributed by atoms with Crippen LogP contribution in [0.2, 0.25) is 0 Å². The van der Waals surface area contributed by atoms with Gasteiger partial charge in [0, 0.05) is 22.7 Å². The fourth-order valence-corrected chi connectivity index (χ4v) is 3.52. The Labute approximate surface area is 128 Å². The van der Waals surface area contributed by atoms with Gasteiger partial charge in [0.1, 0.15) is 5.01 Å². The molecule has 110 valence electrons. The highest BCUT2D eigenvalue weighted by molar-refractivity contribution is 7.13. The van der Waals surface area contributed by atoms with Crippen LogP contribution in [0, 0.1) is 0 Å². The molecule has 0 spiro atoms. The molecule has 1 aromatic heterocycles. The second kappa shape index (κ2) is 6.26. The van der Waals surface area contributed by atoms with Crippen molar-refractivity contribution >= 4 is 22.9 Å². The van der Waals surface area contributed by atoms with Crippen LogP contribution >= 0.6 is 11.3 Å². The number of carbonyl (C=O) groups is 1.